The van der Waals surface area contributed by atoms with Crippen LogP contribution in [0.2, 0.25) is 0 Å². The van der Waals surface area contributed by atoms with Crippen molar-refractivity contribution >= 4 is 5.91 Å². The van der Waals surface area contributed by atoms with Crippen LogP contribution in [0.3, 0.4) is 0 Å². The van der Waals surface area contributed by atoms with Crippen LogP contribution in [-0.2, 0) is 4.79 Å². The standard InChI is InChI=1S/C13H22N2O/c1-9-12-8-15(11-4-2-3-5-11)7-10(12)6-14-13(9)16/h9-12H,2-8H2,1H3,(H,14,16)/t9-,10-,12-/m1/s1. The Bertz CT molecular complexity index is 286. The molecule has 1 saturated carbocycles. The Morgan fingerprint density at radius 2 is 2.00 bits per heavy atom. The number of likely N-dealkylation sites (tertiary alicyclic amines) is 1. The van der Waals surface area contributed by atoms with Crippen LogP contribution < -0.4 is 5.32 Å². The van der Waals surface area contributed by atoms with E-state index in [1.165, 1.54) is 38.8 Å². The molecule has 3 heteroatoms. The van der Waals surface area contributed by atoms with Crippen LogP contribution in [0, 0.1) is 17.8 Å². The lowest BCUT2D eigenvalue weighted by molar-refractivity contribution is -0.128. The molecule has 90 valence electrons. The van der Waals surface area contributed by atoms with Crippen LogP contribution in [0.25, 0.3) is 0 Å². The van der Waals surface area contributed by atoms with Gasteiger partial charge in [-0.1, -0.05) is 19.8 Å². The zero-order valence-electron chi connectivity index (χ0n) is 10.1. The SMILES string of the molecule is C[C@H]1C(=O)NC[C@@H]2CN(C3CCCC3)C[C@@H]21. The minimum absolute atomic E-state index is 0.227. The van der Waals surface area contributed by atoms with Gasteiger partial charge >= 0.3 is 0 Å². The van der Waals surface area contributed by atoms with Crippen LogP contribution in [0.15, 0.2) is 0 Å². The van der Waals surface area contributed by atoms with Crippen molar-refractivity contribution in [2.45, 2.75) is 38.6 Å². The first-order valence-corrected chi connectivity index (χ1v) is 6.77. The molecular formula is C13H22N2O. The Labute approximate surface area is 97.6 Å². The lowest BCUT2D eigenvalue weighted by Crippen LogP contribution is -2.46. The second-order valence-corrected chi connectivity index (χ2v) is 5.85. The second kappa shape index (κ2) is 4.02. The molecule has 0 aromatic carbocycles. The summed E-state index contributed by atoms with van der Waals surface area (Å²) in [4.78, 5) is 14.3. The molecule has 3 aliphatic rings. The van der Waals surface area contributed by atoms with Crippen LogP contribution in [-0.4, -0.2) is 36.5 Å². The molecule has 3 nitrogen and oxygen atoms in total. The van der Waals surface area contributed by atoms with Gasteiger partial charge in [0.15, 0.2) is 0 Å². The number of carbonyl (C=O) groups excluding carboxylic acids is 1. The first-order chi connectivity index (χ1) is 7.75. The van der Waals surface area contributed by atoms with E-state index < -0.39 is 0 Å². The lowest BCUT2D eigenvalue weighted by atomic mass is 9.81. The molecule has 0 aromatic heterocycles. The van der Waals surface area contributed by atoms with Crippen molar-refractivity contribution < 1.29 is 4.79 Å². The molecule has 0 bridgehead atoms. The molecule has 3 fully saturated rings. The van der Waals surface area contributed by atoms with E-state index in [1.807, 2.05) is 0 Å². The highest BCUT2D eigenvalue weighted by Crippen LogP contribution is 2.36. The van der Waals surface area contributed by atoms with Gasteiger partial charge in [0, 0.05) is 31.6 Å². The van der Waals surface area contributed by atoms with Gasteiger partial charge in [-0.25, -0.2) is 0 Å². The highest BCUT2D eigenvalue weighted by molar-refractivity contribution is 5.79. The summed E-state index contributed by atoms with van der Waals surface area (Å²) in [6.07, 6.45) is 5.58. The van der Waals surface area contributed by atoms with Gasteiger partial charge in [-0.3, -0.25) is 9.69 Å². The van der Waals surface area contributed by atoms with Gasteiger partial charge in [-0.15, -0.1) is 0 Å². The predicted molar refractivity (Wildman–Crippen MR) is 63.0 cm³/mol. The van der Waals surface area contributed by atoms with Crippen molar-refractivity contribution in [3.63, 3.8) is 0 Å². The van der Waals surface area contributed by atoms with E-state index in [1.54, 1.807) is 0 Å². The third kappa shape index (κ3) is 1.65. The molecule has 1 N–H and O–H groups in total. The minimum Gasteiger partial charge on any atom is -0.356 e. The van der Waals surface area contributed by atoms with Crippen molar-refractivity contribution in [1.82, 2.24) is 10.2 Å². The molecule has 3 atom stereocenters. The highest BCUT2D eigenvalue weighted by Gasteiger charge is 2.43. The maximum atomic E-state index is 11.6. The van der Waals surface area contributed by atoms with Crippen LogP contribution >= 0.6 is 0 Å². The number of carbonyl (C=O) groups is 1. The Morgan fingerprint density at radius 1 is 1.25 bits per heavy atom. The summed E-state index contributed by atoms with van der Waals surface area (Å²) in [5.41, 5.74) is 0. The number of hydrogen-bond donors (Lipinski definition) is 1. The zero-order valence-corrected chi connectivity index (χ0v) is 10.1. The van der Waals surface area contributed by atoms with Crippen molar-refractivity contribution in [2.75, 3.05) is 19.6 Å². The Morgan fingerprint density at radius 3 is 2.75 bits per heavy atom. The number of nitrogens with one attached hydrogen (secondary N) is 1. The van der Waals surface area contributed by atoms with Crippen molar-refractivity contribution in [2.24, 2.45) is 17.8 Å². The third-order valence-electron chi connectivity index (χ3n) is 4.96. The fourth-order valence-electron chi connectivity index (χ4n) is 3.87. The van der Waals surface area contributed by atoms with Gasteiger partial charge in [-0.2, -0.15) is 0 Å². The summed E-state index contributed by atoms with van der Waals surface area (Å²) in [5, 5.41) is 3.05. The van der Waals surface area contributed by atoms with E-state index in [4.69, 9.17) is 0 Å². The quantitative estimate of drug-likeness (QED) is 0.724. The van der Waals surface area contributed by atoms with Gasteiger partial charge in [0.05, 0.1) is 0 Å². The Kier molecular flexibility index (Phi) is 2.66. The van der Waals surface area contributed by atoms with Gasteiger partial charge in [0.2, 0.25) is 5.91 Å². The fourth-order valence-corrected chi connectivity index (χ4v) is 3.87. The number of amides is 1. The molecule has 0 unspecified atom stereocenters. The predicted octanol–water partition coefficient (Wildman–Crippen LogP) is 1.24. The average molecular weight is 222 g/mol. The molecule has 0 aromatic rings. The molecule has 2 heterocycles. The first kappa shape index (κ1) is 10.6. The number of rotatable bonds is 1. The molecule has 2 saturated heterocycles. The maximum absolute atomic E-state index is 11.6. The topological polar surface area (TPSA) is 32.3 Å². The summed E-state index contributed by atoms with van der Waals surface area (Å²) >= 11 is 0. The zero-order chi connectivity index (χ0) is 11.1. The molecule has 0 radical (unpaired) electrons. The fraction of sp³-hybridized carbons (Fsp3) is 0.923. The lowest BCUT2D eigenvalue weighted by Gasteiger charge is -2.30. The van der Waals surface area contributed by atoms with Gasteiger partial charge in [0.1, 0.15) is 0 Å². The van der Waals surface area contributed by atoms with E-state index in [0.717, 1.165) is 12.6 Å². The van der Waals surface area contributed by atoms with E-state index >= 15 is 0 Å². The van der Waals surface area contributed by atoms with Crippen LogP contribution in [0.4, 0.5) is 0 Å². The number of nitrogens with zero attached hydrogens (tertiary/aromatic N) is 1. The third-order valence-corrected chi connectivity index (χ3v) is 4.96. The average Bonchev–Trinajstić information content (AvgIpc) is 2.91. The summed E-state index contributed by atoms with van der Waals surface area (Å²) in [7, 11) is 0. The van der Waals surface area contributed by atoms with E-state index in [9.17, 15) is 4.79 Å². The van der Waals surface area contributed by atoms with E-state index in [2.05, 4.69) is 17.1 Å². The number of piperidine rings is 1. The van der Waals surface area contributed by atoms with E-state index in [0.29, 0.717) is 11.8 Å². The van der Waals surface area contributed by atoms with Gasteiger partial charge < -0.3 is 5.32 Å². The molecule has 16 heavy (non-hydrogen) atoms. The summed E-state index contributed by atoms with van der Waals surface area (Å²) < 4.78 is 0. The van der Waals surface area contributed by atoms with Gasteiger partial charge in [-0.05, 0) is 24.7 Å². The Hall–Kier alpha value is -0.570. The molecule has 1 aliphatic carbocycles. The second-order valence-electron chi connectivity index (χ2n) is 5.85. The van der Waals surface area contributed by atoms with E-state index in [-0.39, 0.29) is 11.8 Å². The molecule has 3 rings (SSSR count). The van der Waals surface area contributed by atoms with Crippen LogP contribution in [0.1, 0.15) is 32.6 Å². The molecule has 0 spiro atoms. The minimum atomic E-state index is 0.227. The summed E-state index contributed by atoms with van der Waals surface area (Å²) in [5.74, 6) is 1.84. The maximum Gasteiger partial charge on any atom is 0.223 e. The summed E-state index contributed by atoms with van der Waals surface area (Å²) in [6.45, 7) is 5.41. The number of fused-ring (bicyclic) bond motifs is 1. The normalized spacial score (nSPS) is 41.1. The monoisotopic (exact) mass is 222 g/mol. The smallest absolute Gasteiger partial charge is 0.223 e. The van der Waals surface area contributed by atoms with Crippen LogP contribution in [0.5, 0.6) is 0 Å². The summed E-state index contributed by atoms with van der Waals surface area (Å²) in [6, 6.07) is 0.827. The van der Waals surface area contributed by atoms with Crippen molar-refractivity contribution in [3.8, 4) is 0 Å². The molecular weight excluding hydrogens is 200 g/mol. The first-order valence-electron chi connectivity index (χ1n) is 6.77. The number of hydrogen-bond acceptors (Lipinski definition) is 2. The largest absolute Gasteiger partial charge is 0.356 e. The molecule has 2 aliphatic heterocycles. The van der Waals surface area contributed by atoms with Crippen molar-refractivity contribution in [3.05, 3.63) is 0 Å². The van der Waals surface area contributed by atoms with Crippen molar-refractivity contribution in [1.29, 1.82) is 0 Å². The molecule has 1 amide bonds. The Balaban J connectivity index is 1.68. The van der Waals surface area contributed by atoms with Gasteiger partial charge in [0.25, 0.3) is 0 Å². The highest BCUT2D eigenvalue weighted by atomic mass is 16.1.